The van der Waals surface area contributed by atoms with E-state index >= 15 is 0 Å². The number of ether oxygens (including phenoxy) is 1. The highest BCUT2D eigenvalue weighted by atomic mass is 127. The van der Waals surface area contributed by atoms with Crippen LogP contribution in [0.3, 0.4) is 0 Å². The van der Waals surface area contributed by atoms with E-state index in [1.54, 1.807) is 0 Å². The smallest absolute Gasteiger partial charge is 0.193 e. The minimum atomic E-state index is 0. The first-order valence-corrected chi connectivity index (χ1v) is 9.75. The van der Waals surface area contributed by atoms with Gasteiger partial charge in [0.15, 0.2) is 5.96 Å². The molecule has 1 aliphatic rings. The van der Waals surface area contributed by atoms with Gasteiger partial charge in [-0.1, -0.05) is 19.1 Å². The molecule has 1 aliphatic heterocycles. The molecule has 154 valence electrons. The summed E-state index contributed by atoms with van der Waals surface area (Å²) in [6, 6.07) is 8.68. The van der Waals surface area contributed by atoms with E-state index in [1.165, 1.54) is 5.56 Å². The van der Waals surface area contributed by atoms with Gasteiger partial charge in [0.1, 0.15) is 5.75 Å². The molecular weight excluding hydrogens is 465 g/mol. The van der Waals surface area contributed by atoms with Crippen LogP contribution in [0.2, 0.25) is 0 Å². The van der Waals surface area contributed by atoms with Crippen molar-refractivity contribution < 1.29 is 4.74 Å². The number of aromatic nitrogens is 2. The second-order valence-electron chi connectivity index (χ2n) is 7.50. The summed E-state index contributed by atoms with van der Waals surface area (Å²) < 4.78 is 7.93. The maximum absolute atomic E-state index is 5.71. The molecule has 0 aliphatic carbocycles. The maximum atomic E-state index is 5.71. The van der Waals surface area contributed by atoms with E-state index in [1.807, 2.05) is 45.6 Å². The average molecular weight is 497 g/mol. The second kappa shape index (κ2) is 10.7. The van der Waals surface area contributed by atoms with Crippen LogP contribution in [-0.2, 0) is 6.54 Å². The standard InChI is InChI=1S/C21H31N5O.HI/c1-16(2)27-19-7-5-18(6-8-19)13-24-21(22-4)25-11-9-17(3)20(14-25)26-12-10-23-15-26;/h5-8,10,12,15-17,20H,9,11,13-14H2,1-4H3,(H,22,24);1H. The normalized spacial score (nSPS) is 20.0. The summed E-state index contributed by atoms with van der Waals surface area (Å²) in [7, 11) is 1.85. The highest BCUT2D eigenvalue weighted by molar-refractivity contribution is 14.0. The van der Waals surface area contributed by atoms with Crippen molar-refractivity contribution in [1.82, 2.24) is 19.8 Å². The Balaban J connectivity index is 0.00000280. The van der Waals surface area contributed by atoms with Gasteiger partial charge in [0.2, 0.25) is 0 Å². The Bertz CT molecular complexity index is 730. The molecular formula is C21H32IN5O. The zero-order valence-electron chi connectivity index (χ0n) is 17.2. The Morgan fingerprint density at radius 1 is 1.32 bits per heavy atom. The van der Waals surface area contributed by atoms with Gasteiger partial charge in [0.25, 0.3) is 0 Å². The van der Waals surface area contributed by atoms with E-state index in [2.05, 4.69) is 50.0 Å². The lowest BCUT2D eigenvalue weighted by Crippen LogP contribution is -2.48. The van der Waals surface area contributed by atoms with Gasteiger partial charge in [0.05, 0.1) is 18.5 Å². The van der Waals surface area contributed by atoms with Crippen molar-refractivity contribution in [3.8, 4) is 5.75 Å². The number of likely N-dealkylation sites (tertiary alicyclic amines) is 1. The predicted molar refractivity (Wildman–Crippen MR) is 124 cm³/mol. The van der Waals surface area contributed by atoms with Crippen LogP contribution < -0.4 is 10.1 Å². The number of imidazole rings is 1. The third-order valence-electron chi connectivity index (χ3n) is 5.08. The van der Waals surface area contributed by atoms with Gasteiger partial charge in [-0.05, 0) is 43.9 Å². The molecule has 0 radical (unpaired) electrons. The second-order valence-corrected chi connectivity index (χ2v) is 7.50. The fraction of sp³-hybridized carbons (Fsp3) is 0.524. The van der Waals surface area contributed by atoms with Crippen LogP contribution in [0.15, 0.2) is 48.0 Å². The van der Waals surface area contributed by atoms with Gasteiger partial charge in [-0.3, -0.25) is 4.99 Å². The third kappa shape index (κ3) is 5.86. The Labute approximate surface area is 185 Å². The number of guanidine groups is 1. The molecule has 0 saturated carbocycles. The minimum Gasteiger partial charge on any atom is -0.491 e. The number of benzene rings is 1. The largest absolute Gasteiger partial charge is 0.491 e. The van der Waals surface area contributed by atoms with Gasteiger partial charge in [-0.25, -0.2) is 4.98 Å². The van der Waals surface area contributed by atoms with Gasteiger partial charge in [0, 0.05) is 39.1 Å². The SMILES string of the molecule is CN=C(NCc1ccc(OC(C)C)cc1)N1CCC(C)C(n2ccnc2)C1.I. The lowest BCUT2D eigenvalue weighted by molar-refractivity contribution is 0.189. The monoisotopic (exact) mass is 497 g/mol. The van der Waals surface area contributed by atoms with E-state index in [0.717, 1.165) is 37.8 Å². The molecule has 0 amide bonds. The highest BCUT2D eigenvalue weighted by Crippen LogP contribution is 2.27. The van der Waals surface area contributed by atoms with Crippen molar-refractivity contribution >= 4 is 29.9 Å². The highest BCUT2D eigenvalue weighted by Gasteiger charge is 2.28. The molecule has 6 nitrogen and oxygen atoms in total. The Hall–Kier alpha value is -1.77. The number of aliphatic imine (C=N–C) groups is 1. The van der Waals surface area contributed by atoms with Crippen molar-refractivity contribution in [2.45, 2.75) is 45.9 Å². The first-order chi connectivity index (χ1) is 13.1. The van der Waals surface area contributed by atoms with E-state index in [9.17, 15) is 0 Å². The molecule has 1 aromatic carbocycles. The first-order valence-electron chi connectivity index (χ1n) is 9.75. The van der Waals surface area contributed by atoms with Crippen LogP contribution in [-0.4, -0.2) is 46.7 Å². The van der Waals surface area contributed by atoms with Crippen molar-refractivity contribution in [3.05, 3.63) is 48.5 Å². The maximum Gasteiger partial charge on any atom is 0.193 e. The molecule has 0 spiro atoms. The molecule has 1 N–H and O–H groups in total. The summed E-state index contributed by atoms with van der Waals surface area (Å²) in [6.07, 6.45) is 7.16. The molecule has 2 atom stereocenters. The predicted octanol–water partition coefficient (Wildman–Crippen LogP) is 3.95. The number of halogens is 1. The topological polar surface area (TPSA) is 54.7 Å². The fourth-order valence-corrected chi connectivity index (χ4v) is 3.57. The van der Waals surface area contributed by atoms with E-state index < -0.39 is 0 Å². The molecule has 1 saturated heterocycles. The van der Waals surface area contributed by atoms with Crippen molar-refractivity contribution in [2.75, 3.05) is 20.1 Å². The fourth-order valence-electron chi connectivity index (χ4n) is 3.57. The summed E-state index contributed by atoms with van der Waals surface area (Å²) in [5.74, 6) is 2.49. The lowest BCUT2D eigenvalue weighted by atomic mass is 9.93. The van der Waals surface area contributed by atoms with Gasteiger partial charge >= 0.3 is 0 Å². The van der Waals surface area contributed by atoms with E-state index in [4.69, 9.17) is 4.74 Å². The molecule has 7 heteroatoms. The molecule has 1 aromatic heterocycles. The van der Waals surface area contributed by atoms with E-state index in [0.29, 0.717) is 12.0 Å². The van der Waals surface area contributed by atoms with Crippen LogP contribution in [0.5, 0.6) is 5.75 Å². The molecule has 28 heavy (non-hydrogen) atoms. The first kappa shape index (κ1) is 22.5. The zero-order chi connectivity index (χ0) is 19.2. The quantitative estimate of drug-likeness (QED) is 0.386. The van der Waals surface area contributed by atoms with Crippen LogP contribution in [0.1, 0.15) is 38.8 Å². The molecule has 3 rings (SSSR count). The van der Waals surface area contributed by atoms with Crippen molar-refractivity contribution in [3.63, 3.8) is 0 Å². The minimum absolute atomic E-state index is 0. The number of nitrogens with one attached hydrogen (secondary N) is 1. The van der Waals surface area contributed by atoms with Crippen LogP contribution >= 0.6 is 24.0 Å². The Morgan fingerprint density at radius 2 is 2.07 bits per heavy atom. The van der Waals surface area contributed by atoms with Gasteiger partial charge < -0.3 is 19.5 Å². The summed E-state index contributed by atoms with van der Waals surface area (Å²) in [5, 5.41) is 3.51. The van der Waals surface area contributed by atoms with Crippen molar-refractivity contribution in [1.29, 1.82) is 0 Å². The Kier molecular flexibility index (Phi) is 8.59. The number of rotatable bonds is 5. The Morgan fingerprint density at radius 3 is 2.68 bits per heavy atom. The van der Waals surface area contributed by atoms with Crippen LogP contribution in [0, 0.1) is 5.92 Å². The summed E-state index contributed by atoms with van der Waals surface area (Å²) in [4.78, 5) is 11.1. The lowest BCUT2D eigenvalue weighted by Gasteiger charge is -2.39. The molecule has 0 bridgehead atoms. The van der Waals surface area contributed by atoms with Gasteiger partial charge in [-0.15, -0.1) is 24.0 Å². The summed E-state index contributed by atoms with van der Waals surface area (Å²) >= 11 is 0. The average Bonchev–Trinajstić information content (AvgIpc) is 3.18. The molecule has 2 aromatic rings. The number of piperidine rings is 1. The van der Waals surface area contributed by atoms with Crippen LogP contribution in [0.4, 0.5) is 0 Å². The van der Waals surface area contributed by atoms with E-state index in [-0.39, 0.29) is 30.1 Å². The number of nitrogens with zero attached hydrogens (tertiary/aromatic N) is 4. The summed E-state index contributed by atoms with van der Waals surface area (Å²) in [6.45, 7) is 9.10. The van der Waals surface area contributed by atoms with Crippen LogP contribution in [0.25, 0.3) is 0 Å². The molecule has 2 heterocycles. The third-order valence-corrected chi connectivity index (χ3v) is 5.08. The molecule has 2 unspecified atom stereocenters. The zero-order valence-corrected chi connectivity index (χ0v) is 19.5. The molecule has 1 fully saturated rings. The summed E-state index contributed by atoms with van der Waals surface area (Å²) in [5.41, 5.74) is 1.21. The van der Waals surface area contributed by atoms with Gasteiger partial charge in [-0.2, -0.15) is 0 Å². The van der Waals surface area contributed by atoms with Crippen molar-refractivity contribution in [2.24, 2.45) is 10.9 Å². The number of hydrogen-bond acceptors (Lipinski definition) is 3. The number of hydrogen-bond donors (Lipinski definition) is 1.